The Kier molecular flexibility index (Phi) is 5.00. The fourth-order valence-corrected chi connectivity index (χ4v) is 3.52. The summed E-state index contributed by atoms with van der Waals surface area (Å²) in [5, 5.41) is 21.0. The highest BCUT2D eigenvalue weighted by Gasteiger charge is 2.34. The molecule has 3 rings (SSSR count). The SMILES string of the molecule is Cc1c(C)c2c(c(C)c1O)CCC(C)(CCOc1ccc([N+](=O)[O-])cc1)O2. The number of phenols is 1. The summed E-state index contributed by atoms with van der Waals surface area (Å²) in [4.78, 5) is 10.3. The molecule has 1 aliphatic rings. The topological polar surface area (TPSA) is 81.8 Å². The minimum absolute atomic E-state index is 0.0472. The first-order valence-corrected chi connectivity index (χ1v) is 9.10. The third kappa shape index (κ3) is 3.70. The Morgan fingerprint density at radius 2 is 1.85 bits per heavy atom. The van der Waals surface area contributed by atoms with Gasteiger partial charge in [-0.3, -0.25) is 10.1 Å². The fourth-order valence-electron chi connectivity index (χ4n) is 3.52. The first-order chi connectivity index (χ1) is 12.7. The number of hydrogen-bond donors (Lipinski definition) is 1. The molecule has 0 fully saturated rings. The minimum atomic E-state index is -0.428. The van der Waals surface area contributed by atoms with Crippen LogP contribution in [0.3, 0.4) is 0 Å². The quantitative estimate of drug-likeness (QED) is 0.604. The maximum absolute atomic E-state index is 10.7. The van der Waals surface area contributed by atoms with E-state index in [9.17, 15) is 15.2 Å². The summed E-state index contributed by atoms with van der Waals surface area (Å²) in [7, 11) is 0. The van der Waals surface area contributed by atoms with Crippen LogP contribution in [-0.2, 0) is 6.42 Å². The maximum atomic E-state index is 10.7. The molecule has 0 saturated heterocycles. The molecule has 0 amide bonds. The predicted octanol–water partition coefficient (Wildman–Crippen LogP) is 4.78. The Labute approximate surface area is 158 Å². The van der Waals surface area contributed by atoms with Gasteiger partial charge in [-0.1, -0.05) is 0 Å². The third-order valence-corrected chi connectivity index (χ3v) is 5.54. The van der Waals surface area contributed by atoms with Crippen molar-refractivity contribution < 1.29 is 19.5 Å². The second-order valence-corrected chi connectivity index (χ2v) is 7.43. The van der Waals surface area contributed by atoms with Crippen LogP contribution in [0.5, 0.6) is 17.2 Å². The van der Waals surface area contributed by atoms with E-state index in [-0.39, 0.29) is 11.3 Å². The van der Waals surface area contributed by atoms with Crippen LogP contribution in [0.15, 0.2) is 24.3 Å². The van der Waals surface area contributed by atoms with Crippen LogP contribution in [0, 0.1) is 30.9 Å². The normalized spacial score (nSPS) is 18.5. The molecule has 0 radical (unpaired) electrons. The van der Waals surface area contributed by atoms with E-state index in [1.54, 1.807) is 12.1 Å². The minimum Gasteiger partial charge on any atom is -0.507 e. The molecule has 144 valence electrons. The van der Waals surface area contributed by atoms with E-state index in [4.69, 9.17) is 9.47 Å². The van der Waals surface area contributed by atoms with Crippen molar-refractivity contribution in [1.29, 1.82) is 0 Å². The van der Waals surface area contributed by atoms with Gasteiger partial charge in [0, 0.05) is 24.1 Å². The van der Waals surface area contributed by atoms with Crippen LogP contribution in [0.25, 0.3) is 0 Å². The van der Waals surface area contributed by atoms with Crippen molar-refractivity contribution in [3.8, 4) is 17.2 Å². The number of phenolic OH excluding ortho intramolecular Hbond substituents is 1. The van der Waals surface area contributed by atoms with Crippen molar-refractivity contribution in [3.05, 3.63) is 56.6 Å². The average molecular weight is 371 g/mol. The molecule has 0 bridgehead atoms. The van der Waals surface area contributed by atoms with Gasteiger partial charge in [0.15, 0.2) is 0 Å². The van der Waals surface area contributed by atoms with Gasteiger partial charge in [-0.25, -0.2) is 0 Å². The smallest absolute Gasteiger partial charge is 0.269 e. The standard InChI is InChI=1S/C21H25NO5/c1-13-14(2)20-18(15(3)19(13)23)9-10-21(4,27-20)11-12-26-17-7-5-16(6-8-17)22(24)25/h5-8,23H,9-12H2,1-4H3. The fraction of sp³-hybridized carbons (Fsp3) is 0.429. The number of benzene rings is 2. The van der Waals surface area contributed by atoms with Gasteiger partial charge in [0.05, 0.1) is 11.5 Å². The molecule has 27 heavy (non-hydrogen) atoms. The Morgan fingerprint density at radius 1 is 1.19 bits per heavy atom. The molecular weight excluding hydrogens is 346 g/mol. The third-order valence-electron chi connectivity index (χ3n) is 5.54. The van der Waals surface area contributed by atoms with E-state index in [2.05, 4.69) is 6.92 Å². The van der Waals surface area contributed by atoms with E-state index in [0.29, 0.717) is 24.5 Å². The maximum Gasteiger partial charge on any atom is 0.269 e. The number of aromatic hydroxyl groups is 1. The summed E-state index contributed by atoms with van der Waals surface area (Å²) < 4.78 is 12.1. The summed E-state index contributed by atoms with van der Waals surface area (Å²) in [6, 6.07) is 6.09. The highest BCUT2D eigenvalue weighted by Crippen LogP contribution is 2.44. The first-order valence-electron chi connectivity index (χ1n) is 9.10. The number of hydrogen-bond acceptors (Lipinski definition) is 5. The van der Waals surface area contributed by atoms with Crippen LogP contribution >= 0.6 is 0 Å². The van der Waals surface area contributed by atoms with E-state index in [0.717, 1.165) is 40.8 Å². The number of nitrogens with zero attached hydrogens (tertiary/aromatic N) is 1. The number of nitro benzene ring substituents is 1. The van der Waals surface area contributed by atoms with Gasteiger partial charge >= 0.3 is 0 Å². The Balaban J connectivity index is 1.68. The summed E-state index contributed by atoms with van der Waals surface area (Å²) in [6.07, 6.45) is 2.39. The van der Waals surface area contributed by atoms with Crippen molar-refractivity contribution in [2.75, 3.05) is 6.61 Å². The van der Waals surface area contributed by atoms with Crippen molar-refractivity contribution in [3.63, 3.8) is 0 Å². The molecule has 1 heterocycles. The van der Waals surface area contributed by atoms with Crippen molar-refractivity contribution >= 4 is 5.69 Å². The molecule has 6 nitrogen and oxygen atoms in total. The second-order valence-electron chi connectivity index (χ2n) is 7.43. The van der Waals surface area contributed by atoms with Crippen LogP contribution in [0.1, 0.15) is 42.0 Å². The van der Waals surface area contributed by atoms with Crippen molar-refractivity contribution in [2.45, 2.75) is 52.6 Å². The van der Waals surface area contributed by atoms with E-state index in [1.165, 1.54) is 12.1 Å². The number of nitro groups is 1. The monoisotopic (exact) mass is 371 g/mol. The first kappa shape index (κ1) is 19.0. The van der Waals surface area contributed by atoms with Crippen LogP contribution in [-0.4, -0.2) is 22.2 Å². The summed E-state index contributed by atoms with van der Waals surface area (Å²) in [5.41, 5.74) is 3.52. The lowest BCUT2D eigenvalue weighted by atomic mass is 9.86. The average Bonchev–Trinajstić information content (AvgIpc) is 2.65. The van der Waals surface area contributed by atoms with E-state index >= 15 is 0 Å². The van der Waals surface area contributed by atoms with Crippen LogP contribution < -0.4 is 9.47 Å². The molecule has 2 aromatic rings. The van der Waals surface area contributed by atoms with Gasteiger partial charge < -0.3 is 14.6 Å². The zero-order chi connectivity index (χ0) is 19.8. The Hall–Kier alpha value is -2.76. The molecule has 0 aliphatic carbocycles. The highest BCUT2D eigenvalue weighted by molar-refractivity contribution is 5.58. The largest absolute Gasteiger partial charge is 0.507 e. The van der Waals surface area contributed by atoms with Crippen molar-refractivity contribution in [1.82, 2.24) is 0 Å². The highest BCUT2D eigenvalue weighted by atomic mass is 16.6. The molecule has 1 unspecified atom stereocenters. The summed E-state index contributed by atoms with van der Waals surface area (Å²) >= 11 is 0. The molecule has 1 N–H and O–H groups in total. The lowest BCUT2D eigenvalue weighted by Gasteiger charge is -2.38. The summed E-state index contributed by atoms with van der Waals surface area (Å²) in [5.74, 6) is 1.85. The Morgan fingerprint density at radius 3 is 2.48 bits per heavy atom. The molecule has 0 saturated carbocycles. The number of rotatable bonds is 5. The van der Waals surface area contributed by atoms with Gasteiger partial charge in [0.2, 0.25) is 0 Å². The molecule has 0 aromatic heterocycles. The zero-order valence-electron chi connectivity index (χ0n) is 16.2. The van der Waals surface area contributed by atoms with E-state index < -0.39 is 4.92 Å². The lowest BCUT2D eigenvalue weighted by Crippen LogP contribution is -2.38. The second kappa shape index (κ2) is 7.10. The number of fused-ring (bicyclic) bond motifs is 1. The summed E-state index contributed by atoms with van der Waals surface area (Å²) in [6.45, 7) is 8.35. The molecule has 1 atom stereocenters. The molecule has 6 heteroatoms. The van der Waals surface area contributed by atoms with Crippen LogP contribution in [0.4, 0.5) is 5.69 Å². The van der Waals surface area contributed by atoms with Gasteiger partial charge in [-0.05, 0) is 69.4 Å². The lowest BCUT2D eigenvalue weighted by molar-refractivity contribution is -0.384. The number of ether oxygens (including phenoxy) is 2. The zero-order valence-corrected chi connectivity index (χ0v) is 16.2. The van der Waals surface area contributed by atoms with Gasteiger partial charge in [0.25, 0.3) is 5.69 Å². The molecular formula is C21H25NO5. The molecule has 0 spiro atoms. The Bertz CT molecular complexity index is 875. The predicted molar refractivity (Wildman–Crippen MR) is 103 cm³/mol. The van der Waals surface area contributed by atoms with Crippen LogP contribution in [0.2, 0.25) is 0 Å². The number of non-ortho nitro benzene ring substituents is 1. The molecule has 2 aromatic carbocycles. The van der Waals surface area contributed by atoms with Crippen molar-refractivity contribution in [2.24, 2.45) is 0 Å². The van der Waals surface area contributed by atoms with E-state index in [1.807, 2.05) is 20.8 Å². The molecule has 1 aliphatic heterocycles. The van der Waals surface area contributed by atoms with Gasteiger partial charge in [0.1, 0.15) is 22.8 Å². The van der Waals surface area contributed by atoms with Gasteiger partial charge in [-0.2, -0.15) is 0 Å². The van der Waals surface area contributed by atoms with Gasteiger partial charge in [-0.15, -0.1) is 0 Å².